The number of carbonyl (C=O) groups is 1. The number of thioether (sulfide) groups is 1. The predicted molar refractivity (Wildman–Crippen MR) is 121 cm³/mol. The minimum absolute atomic E-state index is 0.0545. The molecule has 0 spiro atoms. The lowest BCUT2D eigenvalue weighted by molar-refractivity contribution is 0.118. The van der Waals surface area contributed by atoms with Crippen molar-refractivity contribution in [2.75, 3.05) is 13.2 Å². The van der Waals surface area contributed by atoms with Crippen molar-refractivity contribution in [3.8, 4) is 0 Å². The summed E-state index contributed by atoms with van der Waals surface area (Å²) in [4.78, 5) is 13.1. The Kier molecular flexibility index (Phi) is 6.11. The topological polar surface area (TPSA) is 60.8 Å². The summed E-state index contributed by atoms with van der Waals surface area (Å²) in [5, 5.41) is 19.4. The molecule has 3 aromatic rings. The van der Waals surface area contributed by atoms with E-state index in [0.29, 0.717) is 13.0 Å². The van der Waals surface area contributed by atoms with Crippen LogP contribution in [0.25, 0.3) is 0 Å². The van der Waals surface area contributed by atoms with Crippen LogP contribution in [-0.4, -0.2) is 45.6 Å². The maximum atomic E-state index is 11.7. The molecule has 1 aliphatic heterocycles. The fourth-order valence-electron chi connectivity index (χ4n) is 4.34. The van der Waals surface area contributed by atoms with Crippen LogP contribution in [0.2, 0.25) is 0 Å². The van der Waals surface area contributed by atoms with Gasteiger partial charge < -0.3 is 15.1 Å². The molecule has 0 radical (unpaired) electrons. The minimum atomic E-state index is -0.970. The number of amides is 1. The third kappa shape index (κ3) is 3.83. The van der Waals surface area contributed by atoms with Gasteiger partial charge in [-0.1, -0.05) is 91.0 Å². The first-order valence-electron chi connectivity index (χ1n) is 10.1. The first-order valence-corrected chi connectivity index (χ1v) is 11.0. The van der Waals surface area contributed by atoms with E-state index in [1.807, 2.05) is 54.6 Å². The predicted octanol–water partition coefficient (Wildman–Crippen LogP) is 4.82. The molecule has 0 aliphatic carbocycles. The smallest absolute Gasteiger partial charge is 0.407 e. The summed E-state index contributed by atoms with van der Waals surface area (Å²) in [5.74, 6) is 0. The molecule has 1 heterocycles. The molecule has 0 bridgehead atoms. The first kappa shape index (κ1) is 20.5. The zero-order valence-corrected chi connectivity index (χ0v) is 17.4. The van der Waals surface area contributed by atoms with Crippen molar-refractivity contribution in [2.45, 2.75) is 22.5 Å². The molecule has 154 valence electrons. The van der Waals surface area contributed by atoms with Gasteiger partial charge in [0.2, 0.25) is 0 Å². The molecule has 1 amide bonds. The molecule has 3 aromatic carbocycles. The molecule has 0 saturated carbocycles. The van der Waals surface area contributed by atoms with E-state index in [1.165, 1.54) is 4.90 Å². The molecule has 5 heteroatoms. The molecular weight excluding hydrogens is 394 g/mol. The van der Waals surface area contributed by atoms with E-state index in [9.17, 15) is 15.0 Å². The fraction of sp³-hybridized carbons (Fsp3) is 0.240. The van der Waals surface area contributed by atoms with E-state index in [2.05, 4.69) is 36.4 Å². The first-order chi connectivity index (χ1) is 14.6. The van der Waals surface area contributed by atoms with Crippen LogP contribution in [-0.2, 0) is 4.75 Å². The number of hydrogen-bond donors (Lipinski definition) is 2. The van der Waals surface area contributed by atoms with Gasteiger partial charge in [-0.3, -0.25) is 0 Å². The van der Waals surface area contributed by atoms with Gasteiger partial charge in [0.15, 0.2) is 0 Å². The number of rotatable bonds is 6. The summed E-state index contributed by atoms with van der Waals surface area (Å²) in [5.41, 5.74) is 3.46. The summed E-state index contributed by atoms with van der Waals surface area (Å²) < 4.78 is -0.483. The zero-order chi connectivity index (χ0) is 21.0. The second kappa shape index (κ2) is 8.94. The average Bonchev–Trinajstić information content (AvgIpc) is 3.22. The molecule has 2 N–H and O–H groups in total. The lowest BCUT2D eigenvalue weighted by Crippen LogP contribution is -2.36. The summed E-state index contributed by atoms with van der Waals surface area (Å²) in [6.45, 7) is 0.248. The lowest BCUT2D eigenvalue weighted by Gasteiger charge is -2.37. The van der Waals surface area contributed by atoms with Gasteiger partial charge in [0.1, 0.15) is 0 Å². The van der Waals surface area contributed by atoms with Crippen molar-refractivity contribution in [3.05, 3.63) is 108 Å². The van der Waals surface area contributed by atoms with E-state index >= 15 is 0 Å². The Labute approximate surface area is 181 Å². The highest BCUT2D eigenvalue weighted by molar-refractivity contribution is 8.01. The molecule has 4 rings (SSSR count). The third-order valence-corrected chi connectivity index (χ3v) is 7.45. The van der Waals surface area contributed by atoms with Gasteiger partial charge >= 0.3 is 6.09 Å². The second-order valence-electron chi connectivity index (χ2n) is 7.53. The Morgan fingerprint density at radius 3 is 1.63 bits per heavy atom. The zero-order valence-electron chi connectivity index (χ0n) is 16.6. The van der Waals surface area contributed by atoms with Crippen molar-refractivity contribution in [1.29, 1.82) is 0 Å². The molecule has 30 heavy (non-hydrogen) atoms. The monoisotopic (exact) mass is 419 g/mol. The van der Waals surface area contributed by atoms with Crippen LogP contribution in [0.4, 0.5) is 4.79 Å². The number of aliphatic hydroxyl groups is 1. The van der Waals surface area contributed by atoms with Gasteiger partial charge in [-0.2, -0.15) is 0 Å². The summed E-state index contributed by atoms with van der Waals surface area (Å²) in [6, 6.07) is 30.8. The van der Waals surface area contributed by atoms with Crippen LogP contribution in [0.5, 0.6) is 0 Å². The summed E-state index contributed by atoms with van der Waals surface area (Å²) >= 11 is 1.78. The van der Waals surface area contributed by atoms with Crippen LogP contribution >= 0.6 is 11.8 Å². The van der Waals surface area contributed by atoms with E-state index in [1.54, 1.807) is 11.8 Å². The Balaban J connectivity index is 1.85. The highest BCUT2D eigenvalue weighted by atomic mass is 32.2. The Morgan fingerprint density at radius 2 is 1.30 bits per heavy atom. The minimum Gasteiger partial charge on any atom is -0.465 e. The van der Waals surface area contributed by atoms with E-state index < -0.39 is 10.8 Å². The van der Waals surface area contributed by atoms with Gasteiger partial charge in [0.05, 0.1) is 17.4 Å². The Morgan fingerprint density at radius 1 is 0.867 bits per heavy atom. The number of aliphatic hydroxyl groups excluding tert-OH is 1. The van der Waals surface area contributed by atoms with Crippen molar-refractivity contribution in [3.63, 3.8) is 0 Å². The van der Waals surface area contributed by atoms with Gasteiger partial charge in [-0.15, -0.1) is 11.8 Å². The maximum absolute atomic E-state index is 11.7. The van der Waals surface area contributed by atoms with E-state index in [-0.39, 0.29) is 17.9 Å². The van der Waals surface area contributed by atoms with Gasteiger partial charge in [-0.05, 0) is 23.1 Å². The molecule has 4 nitrogen and oxygen atoms in total. The average molecular weight is 420 g/mol. The van der Waals surface area contributed by atoms with Crippen molar-refractivity contribution < 1.29 is 15.0 Å². The van der Waals surface area contributed by atoms with Crippen molar-refractivity contribution in [1.82, 2.24) is 4.90 Å². The quantitative estimate of drug-likeness (QED) is 0.562. The number of nitrogens with zero attached hydrogens (tertiary/aromatic N) is 1. The van der Waals surface area contributed by atoms with Gasteiger partial charge in [-0.25, -0.2) is 4.79 Å². The number of hydrogen-bond acceptors (Lipinski definition) is 3. The van der Waals surface area contributed by atoms with E-state index in [4.69, 9.17) is 0 Å². The third-order valence-electron chi connectivity index (χ3n) is 5.72. The van der Waals surface area contributed by atoms with Crippen LogP contribution in [0, 0.1) is 0 Å². The Bertz CT molecular complexity index is 869. The van der Waals surface area contributed by atoms with Crippen LogP contribution < -0.4 is 0 Å². The fourth-order valence-corrected chi connectivity index (χ4v) is 6.21. The number of carboxylic acid groups (broad SMARTS) is 1. The Hall–Kier alpha value is -2.76. The van der Waals surface area contributed by atoms with Crippen LogP contribution in [0.1, 0.15) is 23.1 Å². The highest BCUT2D eigenvalue weighted by Crippen LogP contribution is 2.52. The van der Waals surface area contributed by atoms with Gasteiger partial charge in [0, 0.05) is 11.8 Å². The second-order valence-corrected chi connectivity index (χ2v) is 9.04. The van der Waals surface area contributed by atoms with Crippen LogP contribution in [0.15, 0.2) is 91.0 Å². The SMILES string of the molecule is O=C(O)N1C[C@H](SC(c2ccccc2)(c2ccccc2)c2ccccc2)C[C@H]1CO. The standard InChI is InChI=1S/C25H25NO3S/c27-18-22-16-23(17-26(22)24(28)29)30-25(19-10-4-1-5-11-19,20-12-6-2-7-13-20)21-14-8-3-9-15-21/h1-15,22-23,27H,16-18H2,(H,28,29)/t22-,23+/m0/s1. The normalized spacial score (nSPS) is 19.0. The lowest BCUT2D eigenvalue weighted by atomic mass is 9.84. The maximum Gasteiger partial charge on any atom is 0.407 e. The largest absolute Gasteiger partial charge is 0.465 e. The van der Waals surface area contributed by atoms with Gasteiger partial charge in [0.25, 0.3) is 0 Å². The molecule has 2 atom stereocenters. The molecular formula is C25H25NO3S. The van der Waals surface area contributed by atoms with Crippen LogP contribution in [0.3, 0.4) is 0 Å². The molecule has 1 saturated heterocycles. The molecule has 1 aliphatic rings. The molecule has 0 unspecified atom stereocenters. The molecule has 0 aromatic heterocycles. The summed E-state index contributed by atoms with van der Waals surface area (Å²) in [6.07, 6.45) is -0.344. The number of likely N-dealkylation sites (tertiary alicyclic amines) is 1. The van der Waals surface area contributed by atoms with E-state index in [0.717, 1.165) is 16.7 Å². The number of benzene rings is 3. The van der Waals surface area contributed by atoms with Crippen molar-refractivity contribution >= 4 is 17.9 Å². The summed E-state index contributed by atoms with van der Waals surface area (Å²) in [7, 11) is 0. The molecule has 1 fully saturated rings. The van der Waals surface area contributed by atoms with Crippen molar-refractivity contribution in [2.24, 2.45) is 0 Å². The highest BCUT2D eigenvalue weighted by Gasteiger charge is 2.44.